The van der Waals surface area contributed by atoms with Crippen molar-refractivity contribution in [3.63, 3.8) is 0 Å². The van der Waals surface area contributed by atoms with E-state index in [-0.39, 0.29) is 18.4 Å². The van der Waals surface area contributed by atoms with Crippen LogP contribution in [0.4, 0.5) is 14.6 Å². The molecule has 1 amide bonds. The Kier molecular flexibility index (Phi) is 5.00. The number of nitrogens with one attached hydrogen (secondary N) is 1. The molecule has 0 atom stereocenters. The van der Waals surface area contributed by atoms with Crippen molar-refractivity contribution in [1.82, 2.24) is 29.9 Å². The molecule has 9 nitrogen and oxygen atoms in total. The molecule has 4 rings (SSSR count). The zero-order chi connectivity index (χ0) is 21.1. The Labute approximate surface area is 168 Å². The average Bonchev–Trinajstić information content (AvgIpc) is 3.11. The van der Waals surface area contributed by atoms with E-state index in [0.29, 0.717) is 23.8 Å². The third kappa shape index (κ3) is 4.04. The van der Waals surface area contributed by atoms with Crippen LogP contribution < -0.4 is 10.1 Å². The highest BCUT2D eigenvalue weighted by Crippen LogP contribution is 2.24. The summed E-state index contributed by atoms with van der Waals surface area (Å²) in [5, 5.41) is 13.5. The maximum atomic E-state index is 13.1. The maximum Gasteiger partial charge on any atom is 0.322 e. The number of hydrogen-bond donors (Lipinski definition) is 1. The molecule has 4 aromatic rings. The van der Waals surface area contributed by atoms with E-state index in [0.717, 1.165) is 5.69 Å². The molecule has 1 aromatic carbocycles. The van der Waals surface area contributed by atoms with Crippen LogP contribution in [-0.4, -0.2) is 41.8 Å². The van der Waals surface area contributed by atoms with Gasteiger partial charge in [0.05, 0.1) is 17.6 Å². The Balaban J connectivity index is 1.59. The van der Waals surface area contributed by atoms with E-state index in [1.165, 1.54) is 12.3 Å². The number of amides is 1. The van der Waals surface area contributed by atoms with Gasteiger partial charge in [-0.2, -0.15) is 13.8 Å². The van der Waals surface area contributed by atoms with Crippen LogP contribution in [0.25, 0.3) is 16.9 Å². The molecule has 0 fully saturated rings. The molecule has 152 valence electrons. The van der Waals surface area contributed by atoms with Crippen LogP contribution in [0, 0.1) is 0 Å². The summed E-state index contributed by atoms with van der Waals surface area (Å²) in [7, 11) is 0. The number of alkyl halides is 2. The average molecular weight is 411 g/mol. The summed E-state index contributed by atoms with van der Waals surface area (Å²) >= 11 is 0. The van der Waals surface area contributed by atoms with Crippen molar-refractivity contribution in [2.75, 3.05) is 5.32 Å². The normalized spacial score (nSPS) is 11.4. The van der Waals surface area contributed by atoms with Gasteiger partial charge in [0.15, 0.2) is 5.65 Å². The smallest absolute Gasteiger partial charge is 0.322 e. The van der Waals surface area contributed by atoms with Gasteiger partial charge in [0.25, 0.3) is 5.91 Å². The Morgan fingerprint density at radius 3 is 2.70 bits per heavy atom. The van der Waals surface area contributed by atoms with Gasteiger partial charge >= 0.3 is 11.9 Å². The number of ether oxygens (including phenoxy) is 1. The lowest BCUT2D eigenvalue weighted by atomic mass is 10.3. The van der Waals surface area contributed by atoms with E-state index >= 15 is 0 Å². The number of hydrogen-bond acceptors (Lipinski definition) is 7. The molecule has 0 spiro atoms. The zero-order valence-electron chi connectivity index (χ0n) is 15.7. The summed E-state index contributed by atoms with van der Waals surface area (Å²) < 4.78 is 33.7. The van der Waals surface area contributed by atoms with E-state index < -0.39 is 11.8 Å². The van der Waals surface area contributed by atoms with Crippen molar-refractivity contribution in [2.45, 2.75) is 19.5 Å². The van der Waals surface area contributed by atoms with Gasteiger partial charge in [0.1, 0.15) is 17.9 Å². The first-order valence-corrected chi connectivity index (χ1v) is 8.82. The molecule has 0 saturated heterocycles. The van der Waals surface area contributed by atoms with Crippen molar-refractivity contribution in [1.29, 1.82) is 0 Å². The molecular weight excluding hydrogens is 396 g/mol. The van der Waals surface area contributed by atoms with E-state index in [1.807, 2.05) is 30.3 Å². The first-order chi connectivity index (χ1) is 14.4. The number of nitrogens with zero attached hydrogens (tertiary/aromatic N) is 6. The van der Waals surface area contributed by atoms with Crippen LogP contribution >= 0.6 is 0 Å². The molecule has 3 heterocycles. The van der Waals surface area contributed by atoms with E-state index in [1.54, 1.807) is 16.7 Å². The molecule has 0 saturated carbocycles. The summed E-state index contributed by atoms with van der Waals surface area (Å²) in [6.45, 7) is 0.490. The van der Waals surface area contributed by atoms with Gasteiger partial charge in [0.2, 0.25) is 0 Å². The third-order valence-electron chi connectivity index (χ3n) is 4.03. The second-order valence-electron chi connectivity index (χ2n) is 6.35. The van der Waals surface area contributed by atoms with Gasteiger partial charge in [-0.15, -0.1) is 10.2 Å². The number of carbonyl (C=O) groups is 1. The van der Waals surface area contributed by atoms with Crippen LogP contribution in [-0.2, 0) is 11.4 Å². The van der Waals surface area contributed by atoms with E-state index in [4.69, 9.17) is 4.74 Å². The van der Waals surface area contributed by atoms with Crippen LogP contribution in [0.5, 0.6) is 6.01 Å². The number of fused-ring (bicyclic) bond motifs is 1. The van der Waals surface area contributed by atoms with Gasteiger partial charge < -0.3 is 10.1 Å². The number of carbonyl (C=O) groups excluding carboxylic acids is 1. The van der Waals surface area contributed by atoms with Crippen molar-refractivity contribution >= 4 is 22.9 Å². The van der Waals surface area contributed by atoms with E-state index in [9.17, 15) is 13.6 Å². The molecule has 0 aliphatic heterocycles. The third-order valence-corrected chi connectivity index (χ3v) is 4.03. The number of halogens is 2. The summed E-state index contributed by atoms with van der Waals surface area (Å²) in [5.41, 5.74) is 2.12. The molecule has 30 heavy (non-hydrogen) atoms. The van der Waals surface area contributed by atoms with E-state index in [2.05, 4.69) is 30.7 Å². The highest BCUT2D eigenvalue weighted by atomic mass is 19.3. The number of rotatable bonds is 6. The van der Waals surface area contributed by atoms with Gasteiger partial charge in [-0.1, -0.05) is 24.3 Å². The number of anilines is 1. The standard InChI is InChI=1S/C19H15F2N7O2/c1-19(20,21)17(29)25-15-9-5-6-12(23-15)11-30-18-24-14-10-22-27-26-16(14)28(18)13-7-3-2-4-8-13/h2-10H,11H2,1H3,(H,23,25,29). The largest absolute Gasteiger partial charge is 0.458 e. The summed E-state index contributed by atoms with van der Waals surface area (Å²) in [4.78, 5) is 20.0. The van der Waals surface area contributed by atoms with Crippen LogP contribution in [0.1, 0.15) is 12.6 Å². The fourth-order valence-corrected chi connectivity index (χ4v) is 2.64. The molecule has 11 heteroatoms. The fourth-order valence-electron chi connectivity index (χ4n) is 2.64. The van der Waals surface area contributed by atoms with Gasteiger partial charge in [-0.3, -0.25) is 4.79 Å². The molecule has 0 aliphatic carbocycles. The Bertz CT molecular complexity index is 1190. The predicted octanol–water partition coefficient (Wildman–Crippen LogP) is 2.78. The Morgan fingerprint density at radius 1 is 1.13 bits per heavy atom. The quantitative estimate of drug-likeness (QED) is 0.520. The van der Waals surface area contributed by atoms with Gasteiger partial charge in [-0.25, -0.2) is 9.55 Å². The van der Waals surface area contributed by atoms with Gasteiger partial charge in [0, 0.05) is 6.92 Å². The lowest BCUT2D eigenvalue weighted by Gasteiger charge is -2.12. The van der Waals surface area contributed by atoms with Crippen molar-refractivity contribution < 1.29 is 18.3 Å². The Hall–Kier alpha value is -4.02. The van der Waals surface area contributed by atoms with Crippen molar-refractivity contribution in [2.24, 2.45) is 0 Å². The second kappa shape index (κ2) is 7.78. The topological polar surface area (TPSA) is 108 Å². The van der Waals surface area contributed by atoms with Crippen LogP contribution in [0.2, 0.25) is 0 Å². The molecule has 0 bridgehead atoms. The highest BCUT2D eigenvalue weighted by molar-refractivity contribution is 5.94. The SMILES string of the molecule is CC(F)(F)C(=O)Nc1cccc(COc2nc3cnnnc3n2-c2ccccc2)n1. The van der Waals surface area contributed by atoms with Crippen molar-refractivity contribution in [3.05, 3.63) is 60.4 Å². The highest BCUT2D eigenvalue weighted by Gasteiger charge is 2.32. The lowest BCUT2D eigenvalue weighted by Crippen LogP contribution is -2.31. The van der Waals surface area contributed by atoms with Crippen LogP contribution in [0.15, 0.2) is 54.7 Å². The number of aromatic nitrogens is 6. The summed E-state index contributed by atoms with van der Waals surface area (Å²) in [5.74, 6) is -4.96. The first-order valence-electron chi connectivity index (χ1n) is 8.82. The Morgan fingerprint density at radius 2 is 1.93 bits per heavy atom. The predicted molar refractivity (Wildman–Crippen MR) is 102 cm³/mol. The molecule has 0 radical (unpaired) electrons. The minimum absolute atomic E-state index is 0.00532. The minimum atomic E-state index is -3.51. The molecular formula is C19H15F2N7O2. The summed E-state index contributed by atoms with van der Waals surface area (Å²) in [6, 6.07) is 14.2. The molecule has 3 aromatic heterocycles. The molecule has 0 aliphatic rings. The van der Waals surface area contributed by atoms with Gasteiger partial charge in [-0.05, 0) is 29.5 Å². The molecule has 1 N–H and O–H groups in total. The maximum absolute atomic E-state index is 13.1. The summed E-state index contributed by atoms with van der Waals surface area (Å²) in [6.07, 6.45) is 1.47. The van der Waals surface area contributed by atoms with Crippen LogP contribution in [0.3, 0.4) is 0 Å². The zero-order valence-corrected chi connectivity index (χ0v) is 15.7. The number of imidazole rings is 1. The van der Waals surface area contributed by atoms with Crippen molar-refractivity contribution in [3.8, 4) is 11.7 Å². The first kappa shape index (κ1) is 19.3. The molecule has 0 unspecified atom stereocenters. The number of pyridine rings is 1. The number of para-hydroxylation sites is 1. The second-order valence-corrected chi connectivity index (χ2v) is 6.35. The minimum Gasteiger partial charge on any atom is -0.458 e. The fraction of sp³-hybridized carbons (Fsp3) is 0.158. The number of benzene rings is 1. The monoisotopic (exact) mass is 411 g/mol. The lowest BCUT2D eigenvalue weighted by molar-refractivity contribution is -0.137.